The third-order valence-corrected chi connectivity index (χ3v) is 3.61. The molecule has 2 saturated carbocycles. The molecule has 2 fully saturated rings. The van der Waals surface area contributed by atoms with Crippen molar-refractivity contribution in [2.75, 3.05) is 11.9 Å². The minimum atomic E-state index is 0.362. The Kier molecular flexibility index (Phi) is 3.35. The fourth-order valence-corrected chi connectivity index (χ4v) is 2.48. The van der Waals surface area contributed by atoms with Gasteiger partial charge in [0.05, 0.1) is 0 Å². The minimum absolute atomic E-state index is 0.362. The molecule has 1 heterocycles. The molecule has 0 unspecified atom stereocenters. The summed E-state index contributed by atoms with van der Waals surface area (Å²) in [6, 6.07) is 1.94. The number of ether oxygens (including phenoxy) is 1. The molecule has 0 aliphatic heterocycles. The Morgan fingerprint density at radius 2 is 2.00 bits per heavy atom. The molecule has 0 radical (unpaired) electrons. The maximum absolute atomic E-state index is 5.99. The van der Waals surface area contributed by atoms with Gasteiger partial charge in [0.1, 0.15) is 17.7 Å². The van der Waals surface area contributed by atoms with E-state index in [4.69, 9.17) is 4.74 Å². The topological polar surface area (TPSA) is 47.0 Å². The van der Waals surface area contributed by atoms with Crippen LogP contribution in [0.3, 0.4) is 0 Å². The lowest BCUT2D eigenvalue weighted by Crippen LogP contribution is -2.13. The summed E-state index contributed by atoms with van der Waals surface area (Å²) >= 11 is 0. The third-order valence-electron chi connectivity index (χ3n) is 3.61. The van der Waals surface area contributed by atoms with Crippen LogP contribution in [0.4, 0.5) is 5.82 Å². The average molecular weight is 247 g/mol. The Labute approximate surface area is 108 Å². The van der Waals surface area contributed by atoms with Gasteiger partial charge >= 0.3 is 0 Å². The van der Waals surface area contributed by atoms with Crippen molar-refractivity contribution in [2.45, 2.75) is 57.5 Å². The smallest absolute Gasteiger partial charge is 0.219 e. The SMILES string of the molecule is CCNc1cc(OC2CCCC2)nc(C2CC2)n1. The van der Waals surface area contributed by atoms with Gasteiger partial charge in [-0.25, -0.2) is 4.98 Å². The van der Waals surface area contributed by atoms with Crippen LogP contribution in [-0.2, 0) is 0 Å². The Morgan fingerprint density at radius 1 is 1.22 bits per heavy atom. The van der Waals surface area contributed by atoms with Crippen molar-refractivity contribution >= 4 is 5.82 Å². The van der Waals surface area contributed by atoms with E-state index in [0.29, 0.717) is 12.0 Å². The molecule has 0 saturated heterocycles. The fraction of sp³-hybridized carbons (Fsp3) is 0.714. The zero-order chi connectivity index (χ0) is 12.4. The van der Waals surface area contributed by atoms with Crippen LogP contribution in [0, 0.1) is 0 Å². The van der Waals surface area contributed by atoms with E-state index >= 15 is 0 Å². The van der Waals surface area contributed by atoms with Crippen molar-refractivity contribution in [3.05, 3.63) is 11.9 Å². The summed E-state index contributed by atoms with van der Waals surface area (Å²) in [6.45, 7) is 2.96. The molecule has 0 spiro atoms. The molecule has 0 bridgehead atoms. The lowest BCUT2D eigenvalue weighted by molar-refractivity contribution is 0.200. The highest BCUT2D eigenvalue weighted by atomic mass is 16.5. The summed E-state index contributed by atoms with van der Waals surface area (Å²) in [7, 11) is 0. The van der Waals surface area contributed by atoms with E-state index < -0.39 is 0 Å². The van der Waals surface area contributed by atoms with E-state index in [1.54, 1.807) is 0 Å². The van der Waals surface area contributed by atoms with Gasteiger partial charge in [-0.1, -0.05) is 0 Å². The fourth-order valence-electron chi connectivity index (χ4n) is 2.48. The molecule has 1 N–H and O–H groups in total. The predicted molar refractivity (Wildman–Crippen MR) is 71.1 cm³/mol. The first-order chi connectivity index (χ1) is 8.85. The second kappa shape index (κ2) is 5.12. The Balaban J connectivity index is 1.77. The summed E-state index contributed by atoms with van der Waals surface area (Å²) in [5.41, 5.74) is 0. The van der Waals surface area contributed by atoms with Gasteiger partial charge in [0.15, 0.2) is 0 Å². The van der Waals surface area contributed by atoms with Gasteiger partial charge in [-0.2, -0.15) is 4.98 Å². The van der Waals surface area contributed by atoms with Gasteiger partial charge in [-0.15, -0.1) is 0 Å². The van der Waals surface area contributed by atoms with Crippen LogP contribution in [-0.4, -0.2) is 22.6 Å². The van der Waals surface area contributed by atoms with E-state index in [1.165, 1.54) is 38.5 Å². The molecule has 0 amide bonds. The van der Waals surface area contributed by atoms with Crippen molar-refractivity contribution in [2.24, 2.45) is 0 Å². The molecular formula is C14H21N3O. The third kappa shape index (κ3) is 2.74. The number of hydrogen-bond donors (Lipinski definition) is 1. The zero-order valence-corrected chi connectivity index (χ0v) is 11.0. The average Bonchev–Trinajstić information content (AvgIpc) is 3.09. The number of anilines is 1. The zero-order valence-electron chi connectivity index (χ0n) is 11.0. The molecule has 0 aromatic carbocycles. The van der Waals surface area contributed by atoms with Crippen molar-refractivity contribution in [3.63, 3.8) is 0 Å². The van der Waals surface area contributed by atoms with Gasteiger partial charge in [-0.05, 0) is 45.4 Å². The number of rotatable bonds is 5. The minimum Gasteiger partial charge on any atom is -0.474 e. The van der Waals surface area contributed by atoms with E-state index in [-0.39, 0.29) is 0 Å². The molecule has 4 nitrogen and oxygen atoms in total. The highest BCUT2D eigenvalue weighted by Crippen LogP contribution is 2.39. The monoisotopic (exact) mass is 247 g/mol. The molecule has 4 heteroatoms. The number of hydrogen-bond acceptors (Lipinski definition) is 4. The second-order valence-electron chi connectivity index (χ2n) is 5.28. The van der Waals surface area contributed by atoms with Crippen LogP contribution < -0.4 is 10.1 Å². The summed E-state index contributed by atoms with van der Waals surface area (Å²) in [4.78, 5) is 9.13. The molecule has 18 heavy (non-hydrogen) atoms. The maximum atomic E-state index is 5.99. The van der Waals surface area contributed by atoms with Crippen LogP contribution in [0.15, 0.2) is 6.07 Å². The van der Waals surface area contributed by atoms with Crippen LogP contribution in [0.25, 0.3) is 0 Å². The molecule has 3 rings (SSSR count). The molecular weight excluding hydrogens is 226 g/mol. The van der Waals surface area contributed by atoms with Crippen molar-refractivity contribution in [1.29, 1.82) is 0 Å². The Hall–Kier alpha value is -1.32. The van der Waals surface area contributed by atoms with E-state index in [2.05, 4.69) is 22.2 Å². The quantitative estimate of drug-likeness (QED) is 0.868. The van der Waals surface area contributed by atoms with Crippen molar-refractivity contribution in [3.8, 4) is 5.88 Å². The Bertz CT molecular complexity index is 412. The standard InChI is InChI=1S/C14H21N3O/c1-2-15-12-9-13(18-11-5-3-4-6-11)17-14(16-12)10-7-8-10/h9-11H,2-8H2,1H3,(H,15,16,17). The molecule has 2 aliphatic rings. The highest BCUT2D eigenvalue weighted by molar-refractivity contribution is 5.39. The lowest BCUT2D eigenvalue weighted by Gasteiger charge is -2.14. The molecule has 1 aromatic heterocycles. The Morgan fingerprint density at radius 3 is 2.67 bits per heavy atom. The van der Waals surface area contributed by atoms with Gasteiger partial charge in [0.25, 0.3) is 0 Å². The summed E-state index contributed by atoms with van der Waals surface area (Å²) in [6.07, 6.45) is 7.70. The van der Waals surface area contributed by atoms with Crippen LogP contribution in [0.1, 0.15) is 57.2 Å². The first-order valence-electron chi connectivity index (χ1n) is 7.14. The molecule has 0 atom stereocenters. The van der Waals surface area contributed by atoms with Crippen LogP contribution in [0.2, 0.25) is 0 Å². The second-order valence-corrected chi connectivity index (χ2v) is 5.28. The number of nitrogens with zero attached hydrogens (tertiary/aromatic N) is 2. The van der Waals surface area contributed by atoms with Gasteiger partial charge in [-0.3, -0.25) is 0 Å². The van der Waals surface area contributed by atoms with Gasteiger partial charge in [0.2, 0.25) is 5.88 Å². The summed E-state index contributed by atoms with van der Waals surface area (Å²) in [5.74, 6) is 3.19. The van der Waals surface area contributed by atoms with E-state index in [0.717, 1.165) is 24.1 Å². The summed E-state index contributed by atoms with van der Waals surface area (Å²) < 4.78 is 5.99. The van der Waals surface area contributed by atoms with Crippen LogP contribution in [0.5, 0.6) is 5.88 Å². The highest BCUT2D eigenvalue weighted by Gasteiger charge is 2.28. The largest absolute Gasteiger partial charge is 0.474 e. The predicted octanol–water partition coefficient (Wildman–Crippen LogP) is 3.11. The van der Waals surface area contributed by atoms with Gasteiger partial charge < -0.3 is 10.1 Å². The van der Waals surface area contributed by atoms with Crippen LogP contribution >= 0.6 is 0 Å². The maximum Gasteiger partial charge on any atom is 0.219 e. The van der Waals surface area contributed by atoms with E-state index in [9.17, 15) is 0 Å². The van der Waals surface area contributed by atoms with E-state index in [1.807, 2.05) is 6.07 Å². The molecule has 1 aromatic rings. The summed E-state index contributed by atoms with van der Waals surface area (Å²) in [5, 5.41) is 3.26. The first kappa shape index (κ1) is 11.8. The number of aromatic nitrogens is 2. The lowest BCUT2D eigenvalue weighted by atomic mass is 10.3. The van der Waals surface area contributed by atoms with Crippen molar-refractivity contribution in [1.82, 2.24) is 9.97 Å². The number of nitrogens with one attached hydrogen (secondary N) is 1. The van der Waals surface area contributed by atoms with Crippen molar-refractivity contribution < 1.29 is 4.74 Å². The van der Waals surface area contributed by atoms with Gasteiger partial charge in [0, 0.05) is 18.5 Å². The normalized spacial score (nSPS) is 20.1. The first-order valence-corrected chi connectivity index (χ1v) is 7.14. The molecule has 98 valence electrons. The molecule has 2 aliphatic carbocycles.